The minimum absolute atomic E-state index is 0.0206. The molecule has 4 heteroatoms. The normalized spacial score (nSPS) is 17.1. The Balaban J connectivity index is 1.89. The lowest BCUT2D eigenvalue weighted by molar-refractivity contribution is 0.238. The summed E-state index contributed by atoms with van der Waals surface area (Å²) in [6, 6.07) is 8.52. The van der Waals surface area contributed by atoms with E-state index in [1.54, 1.807) is 0 Å². The van der Waals surface area contributed by atoms with Crippen LogP contribution in [-0.2, 0) is 0 Å². The second-order valence-electron chi connectivity index (χ2n) is 6.38. The first-order valence-corrected chi connectivity index (χ1v) is 8.49. The van der Waals surface area contributed by atoms with Gasteiger partial charge < -0.3 is 15.5 Å². The van der Waals surface area contributed by atoms with Gasteiger partial charge in [-0.15, -0.1) is 0 Å². The van der Waals surface area contributed by atoms with Gasteiger partial charge in [0.25, 0.3) is 0 Å². The van der Waals surface area contributed by atoms with E-state index in [4.69, 9.17) is 0 Å². The van der Waals surface area contributed by atoms with Crippen LogP contribution in [0, 0.1) is 5.92 Å². The van der Waals surface area contributed by atoms with Crippen molar-refractivity contribution in [3.8, 4) is 0 Å². The van der Waals surface area contributed by atoms with E-state index in [-0.39, 0.29) is 12.1 Å². The maximum absolute atomic E-state index is 11.7. The van der Waals surface area contributed by atoms with Gasteiger partial charge in [-0.3, -0.25) is 0 Å². The number of amides is 2. The van der Waals surface area contributed by atoms with Gasteiger partial charge in [-0.25, -0.2) is 4.79 Å². The predicted octanol–water partition coefficient (Wildman–Crippen LogP) is 3.69. The second kappa shape index (κ2) is 8.06. The summed E-state index contributed by atoms with van der Waals surface area (Å²) in [6.07, 6.45) is 3.50. The van der Waals surface area contributed by atoms with Crippen LogP contribution in [0.15, 0.2) is 24.3 Å². The zero-order chi connectivity index (χ0) is 15.9. The highest BCUT2D eigenvalue weighted by molar-refractivity contribution is 5.74. The molecule has 1 aliphatic heterocycles. The quantitative estimate of drug-likeness (QED) is 0.871. The number of benzene rings is 1. The van der Waals surface area contributed by atoms with Crippen LogP contribution < -0.4 is 15.5 Å². The molecule has 1 unspecified atom stereocenters. The summed E-state index contributed by atoms with van der Waals surface area (Å²) in [6.45, 7) is 9.40. The third kappa shape index (κ3) is 4.65. The zero-order valence-electron chi connectivity index (χ0n) is 14.1. The van der Waals surface area contributed by atoms with Crippen molar-refractivity contribution in [2.24, 2.45) is 5.92 Å². The Morgan fingerprint density at radius 1 is 1.27 bits per heavy atom. The molecule has 0 spiro atoms. The Hall–Kier alpha value is -1.71. The van der Waals surface area contributed by atoms with Crippen LogP contribution in [0.5, 0.6) is 0 Å². The van der Waals surface area contributed by atoms with Crippen LogP contribution in [0.4, 0.5) is 10.5 Å². The van der Waals surface area contributed by atoms with Crippen molar-refractivity contribution < 1.29 is 4.79 Å². The third-order valence-electron chi connectivity index (χ3n) is 4.43. The fourth-order valence-electron chi connectivity index (χ4n) is 2.81. The molecule has 1 fully saturated rings. The average Bonchev–Trinajstić information content (AvgIpc) is 2.54. The summed E-state index contributed by atoms with van der Waals surface area (Å²) in [7, 11) is 0. The molecule has 1 saturated heterocycles. The maximum Gasteiger partial charge on any atom is 0.315 e. The summed E-state index contributed by atoms with van der Waals surface area (Å²) in [5, 5.41) is 5.81. The highest BCUT2D eigenvalue weighted by Gasteiger charge is 2.16. The Bertz CT molecular complexity index is 464. The van der Waals surface area contributed by atoms with E-state index in [2.05, 4.69) is 46.7 Å². The lowest BCUT2D eigenvalue weighted by atomic mass is 9.98. The zero-order valence-corrected chi connectivity index (χ0v) is 14.1. The van der Waals surface area contributed by atoms with Crippen LogP contribution >= 0.6 is 0 Å². The molecule has 1 atom stereocenters. The van der Waals surface area contributed by atoms with Gasteiger partial charge in [-0.05, 0) is 49.8 Å². The second-order valence-corrected chi connectivity index (χ2v) is 6.38. The maximum atomic E-state index is 11.7. The molecule has 2 rings (SSSR count). The van der Waals surface area contributed by atoms with Gasteiger partial charge >= 0.3 is 6.03 Å². The molecule has 4 nitrogen and oxygen atoms in total. The molecule has 1 heterocycles. The molecule has 1 aromatic rings. The van der Waals surface area contributed by atoms with E-state index < -0.39 is 0 Å². The minimum atomic E-state index is -0.0940. The fourth-order valence-corrected chi connectivity index (χ4v) is 2.81. The van der Waals surface area contributed by atoms with Gasteiger partial charge in [0, 0.05) is 25.3 Å². The van der Waals surface area contributed by atoms with E-state index >= 15 is 0 Å². The van der Waals surface area contributed by atoms with Crippen molar-refractivity contribution in [2.45, 2.75) is 46.1 Å². The summed E-state index contributed by atoms with van der Waals surface area (Å²) < 4.78 is 0. The van der Waals surface area contributed by atoms with Crippen molar-refractivity contribution in [1.29, 1.82) is 0 Å². The molecule has 0 aliphatic carbocycles. The molecule has 2 N–H and O–H groups in total. The van der Waals surface area contributed by atoms with E-state index in [1.807, 2.05) is 13.8 Å². The number of piperidine rings is 1. The van der Waals surface area contributed by atoms with Crippen molar-refractivity contribution >= 4 is 11.7 Å². The van der Waals surface area contributed by atoms with E-state index in [0.717, 1.165) is 31.0 Å². The SMILES string of the molecule is CCCNC(=O)NC(C)c1ccc(N2CCC(C)CC2)cc1. The Labute approximate surface area is 134 Å². The predicted molar refractivity (Wildman–Crippen MR) is 92.3 cm³/mol. The van der Waals surface area contributed by atoms with E-state index in [1.165, 1.54) is 18.5 Å². The number of urea groups is 1. The summed E-state index contributed by atoms with van der Waals surface area (Å²) in [4.78, 5) is 14.2. The molecule has 0 bridgehead atoms. The molecule has 0 saturated carbocycles. The van der Waals surface area contributed by atoms with E-state index in [9.17, 15) is 4.79 Å². The van der Waals surface area contributed by atoms with Gasteiger partial charge in [0.15, 0.2) is 0 Å². The van der Waals surface area contributed by atoms with Crippen molar-refractivity contribution in [2.75, 3.05) is 24.5 Å². The first kappa shape index (κ1) is 16.7. The first-order chi connectivity index (χ1) is 10.6. The van der Waals surface area contributed by atoms with Gasteiger partial charge in [0.05, 0.1) is 6.04 Å². The molecule has 1 aromatic carbocycles. The first-order valence-electron chi connectivity index (χ1n) is 8.49. The van der Waals surface area contributed by atoms with E-state index in [0.29, 0.717) is 6.54 Å². The largest absolute Gasteiger partial charge is 0.372 e. The lowest BCUT2D eigenvalue weighted by Crippen LogP contribution is -2.37. The number of anilines is 1. The molecule has 1 aliphatic rings. The minimum Gasteiger partial charge on any atom is -0.372 e. The highest BCUT2D eigenvalue weighted by Crippen LogP contribution is 2.24. The van der Waals surface area contributed by atoms with Gasteiger partial charge in [-0.1, -0.05) is 26.0 Å². The molecule has 22 heavy (non-hydrogen) atoms. The van der Waals surface area contributed by atoms with Crippen molar-refractivity contribution in [3.63, 3.8) is 0 Å². The van der Waals surface area contributed by atoms with Gasteiger partial charge in [0.2, 0.25) is 0 Å². The van der Waals surface area contributed by atoms with Crippen LogP contribution in [-0.4, -0.2) is 25.7 Å². The topological polar surface area (TPSA) is 44.4 Å². The van der Waals surface area contributed by atoms with Crippen LogP contribution in [0.25, 0.3) is 0 Å². The molecule has 122 valence electrons. The number of nitrogens with zero attached hydrogens (tertiary/aromatic N) is 1. The monoisotopic (exact) mass is 303 g/mol. The molecule has 0 aromatic heterocycles. The van der Waals surface area contributed by atoms with Crippen LogP contribution in [0.1, 0.15) is 51.6 Å². The summed E-state index contributed by atoms with van der Waals surface area (Å²) in [5.74, 6) is 0.848. The third-order valence-corrected chi connectivity index (χ3v) is 4.43. The van der Waals surface area contributed by atoms with Crippen LogP contribution in [0.2, 0.25) is 0 Å². The standard InChI is InChI=1S/C18H29N3O/c1-4-11-19-18(22)20-15(3)16-5-7-17(8-6-16)21-12-9-14(2)10-13-21/h5-8,14-15H,4,9-13H2,1-3H3,(H2,19,20,22). The van der Waals surface area contributed by atoms with Crippen LogP contribution in [0.3, 0.4) is 0 Å². The highest BCUT2D eigenvalue weighted by atomic mass is 16.2. The number of hydrogen-bond acceptors (Lipinski definition) is 2. The molecule has 2 amide bonds. The Kier molecular flexibility index (Phi) is 6.10. The Morgan fingerprint density at radius 3 is 2.50 bits per heavy atom. The molecular weight excluding hydrogens is 274 g/mol. The number of carbonyl (C=O) groups excluding carboxylic acids is 1. The fraction of sp³-hybridized carbons (Fsp3) is 0.611. The summed E-state index contributed by atoms with van der Waals surface area (Å²) in [5.41, 5.74) is 2.43. The number of carbonyl (C=O) groups is 1. The smallest absolute Gasteiger partial charge is 0.315 e. The van der Waals surface area contributed by atoms with Crippen molar-refractivity contribution in [1.82, 2.24) is 10.6 Å². The number of nitrogens with one attached hydrogen (secondary N) is 2. The van der Waals surface area contributed by atoms with Gasteiger partial charge in [0.1, 0.15) is 0 Å². The van der Waals surface area contributed by atoms with Gasteiger partial charge in [-0.2, -0.15) is 0 Å². The lowest BCUT2D eigenvalue weighted by Gasteiger charge is -2.32. The number of hydrogen-bond donors (Lipinski definition) is 2. The molecular formula is C18H29N3O. The average molecular weight is 303 g/mol. The molecule has 0 radical (unpaired) electrons. The summed E-state index contributed by atoms with van der Waals surface area (Å²) >= 11 is 0. The number of rotatable bonds is 5. The Morgan fingerprint density at radius 2 is 1.91 bits per heavy atom. The van der Waals surface area contributed by atoms with Crippen molar-refractivity contribution in [3.05, 3.63) is 29.8 Å².